The van der Waals surface area contributed by atoms with Crippen LogP contribution in [0.15, 0.2) is 12.2 Å². The molecule has 23 heavy (non-hydrogen) atoms. The average molecular weight is 318 g/mol. The van der Waals surface area contributed by atoms with E-state index in [2.05, 4.69) is 13.5 Å². The predicted octanol–water partition coefficient (Wildman–Crippen LogP) is 4.01. The van der Waals surface area contributed by atoms with Gasteiger partial charge in [0.1, 0.15) is 0 Å². The van der Waals surface area contributed by atoms with Crippen LogP contribution in [0.4, 0.5) is 0 Å². The number of rotatable bonds is 1. The molecule has 0 radical (unpaired) electrons. The maximum atomic E-state index is 12.1. The lowest BCUT2D eigenvalue weighted by atomic mass is 9.40. The highest BCUT2D eigenvalue weighted by atomic mass is 16.4. The first-order valence-corrected chi connectivity index (χ1v) is 9.33. The molecule has 128 valence electrons. The molecular formula is C20H30O3. The Morgan fingerprint density at radius 2 is 1.96 bits per heavy atom. The third-order valence-electron chi connectivity index (χ3n) is 8.64. The zero-order chi connectivity index (χ0) is 16.6. The fraction of sp³-hybridized carbons (Fsp3) is 0.850. The molecule has 2 N–H and O–H groups in total. The van der Waals surface area contributed by atoms with Gasteiger partial charge in [-0.2, -0.15) is 0 Å². The van der Waals surface area contributed by atoms with Gasteiger partial charge in [0.25, 0.3) is 0 Å². The second kappa shape index (κ2) is 4.62. The number of aliphatic hydroxyl groups is 1. The highest BCUT2D eigenvalue weighted by Crippen LogP contribution is 2.72. The summed E-state index contributed by atoms with van der Waals surface area (Å²) in [5.74, 6) is 0.479. The third-order valence-corrected chi connectivity index (χ3v) is 8.64. The molecule has 4 fully saturated rings. The summed E-state index contributed by atoms with van der Waals surface area (Å²) in [5, 5.41) is 21.0. The maximum absolute atomic E-state index is 12.1. The summed E-state index contributed by atoms with van der Waals surface area (Å²) in [5.41, 5.74) is 0.704. The molecule has 0 amide bonds. The molecule has 0 saturated heterocycles. The summed E-state index contributed by atoms with van der Waals surface area (Å²) in [7, 11) is 0. The molecular weight excluding hydrogens is 288 g/mol. The number of carbonyl (C=O) groups is 1. The molecule has 1 unspecified atom stereocenters. The van der Waals surface area contributed by atoms with Gasteiger partial charge in [0, 0.05) is 5.41 Å². The lowest BCUT2D eigenvalue weighted by molar-refractivity contribution is -0.208. The highest BCUT2D eigenvalue weighted by Gasteiger charge is 2.67. The SMILES string of the molecule is C=C1C[C@]23CC1CC[C@H]2[C@]1(C)CCC[C@](C)(C(=O)O)[C@H]1C[C@@H]3O. The van der Waals surface area contributed by atoms with Crippen molar-refractivity contribution in [3.8, 4) is 0 Å². The van der Waals surface area contributed by atoms with Crippen molar-refractivity contribution in [2.75, 3.05) is 0 Å². The summed E-state index contributed by atoms with van der Waals surface area (Å²) in [6.07, 6.45) is 7.57. The van der Waals surface area contributed by atoms with E-state index in [0.717, 1.165) is 38.5 Å². The first-order valence-electron chi connectivity index (χ1n) is 9.33. The topological polar surface area (TPSA) is 57.5 Å². The van der Waals surface area contributed by atoms with Crippen LogP contribution < -0.4 is 0 Å². The molecule has 3 nitrogen and oxygen atoms in total. The first kappa shape index (κ1) is 15.7. The van der Waals surface area contributed by atoms with Crippen LogP contribution in [0.5, 0.6) is 0 Å². The Hall–Kier alpha value is -0.830. The van der Waals surface area contributed by atoms with Gasteiger partial charge in [0.15, 0.2) is 0 Å². The van der Waals surface area contributed by atoms with Crippen molar-refractivity contribution in [1.82, 2.24) is 0 Å². The monoisotopic (exact) mass is 318 g/mol. The second-order valence-corrected chi connectivity index (χ2v) is 9.49. The Labute approximate surface area is 139 Å². The van der Waals surface area contributed by atoms with Crippen molar-refractivity contribution in [2.24, 2.45) is 34.0 Å². The van der Waals surface area contributed by atoms with E-state index in [9.17, 15) is 15.0 Å². The predicted molar refractivity (Wildman–Crippen MR) is 88.8 cm³/mol. The van der Waals surface area contributed by atoms with Crippen LogP contribution in [-0.2, 0) is 4.79 Å². The van der Waals surface area contributed by atoms with E-state index in [1.807, 2.05) is 6.92 Å². The number of aliphatic hydroxyl groups excluding tert-OH is 1. The van der Waals surface area contributed by atoms with Crippen LogP contribution in [0.3, 0.4) is 0 Å². The van der Waals surface area contributed by atoms with Gasteiger partial charge in [-0.25, -0.2) is 0 Å². The van der Waals surface area contributed by atoms with Gasteiger partial charge >= 0.3 is 5.97 Å². The number of aliphatic carboxylic acids is 1. The molecule has 4 rings (SSSR count). The van der Waals surface area contributed by atoms with Crippen molar-refractivity contribution in [2.45, 2.75) is 71.3 Å². The van der Waals surface area contributed by atoms with Crippen LogP contribution in [0, 0.1) is 34.0 Å². The van der Waals surface area contributed by atoms with Gasteiger partial charge in [-0.1, -0.05) is 25.5 Å². The summed E-state index contributed by atoms with van der Waals surface area (Å²) in [6, 6.07) is 0. The molecule has 0 aromatic rings. The van der Waals surface area contributed by atoms with Gasteiger partial charge in [-0.05, 0) is 75.0 Å². The number of hydrogen-bond acceptors (Lipinski definition) is 2. The summed E-state index contributed by atoms with van der Waals surface area (Å²) in [6.45, 7) is 8.57. The zero-order valence-corrected chi connectivity index (χ0v) is 14.5. The summed E-state index contributed by atoms with van der Waals surface area (Å²) < 4.78 is 0. The van der Waals surface area contributed by atoms with Crippen LogP contribution in [0.2, 0.25) is 0 Å². The number of allylic oxidation sites excluding steroid dienone is 1. The molecule has 4 saturated carbocycles. The smallest absolute Gasteiger partial charge is 0.309 e. The lowest BCUT2D eigenvalue weighted by Gasteiger charge is -2.64. The van der Waals surface area contributed by atoms with E-state index in [0.29, 0.717) is 18.3 Å². The van der Waals surface area contributed by atoms with Crippen LogP contribution >= 0.6 is 0 Å². The minimum atomic E-state index is -0.679. The molecule has 0 aromatic heterocycles. The molecule has 2 bridgehead atoms. The Morgan fingerprint density at radius 1 is 1.22 bits per heavy atom. The number of fused-ring (bicyclic) bond motifs is 3. The Balaban J connectivity index is 1.80. The molecule has 4 aliphatic carbocycles. The van der Waals surface area contributed by atoms with Gasteiger partial charge in [-0.3, -0.25) is 4.79 Å². The van der Waals surface area contributed by atoms with E-state index in [1.54, 1.807) is 0 Å². The number of hydrogen-bond donors (Lipinski definition) is 2. The summed E-state index contributed by atoms with van der Waals surface area (Å²) >= 11 is 0. The minimum absolute atomic E-state index is 0.0119. The Kier molecular flexibility index (Phi) is 3.15. The van der Waals surface area contributed by atoms with Crippen molar-refractivity contribution in [3.05, 3.63) is 12.2 Å². The van der Waals surface area contributed by atoms with Gasteiger partial charge in [0.2, 0.25) is 0 Å². The van der Waals surface area contributed by atoms with Crippen molar-refractivity contribution in [1.29, 1.82) is 0 Å². The van der Waals surface area contributed by atoms with Gasteiger partial charge in [0.05, 0.1) is 11.5 Å². The first-order chi connectivity index (χ1) is 10.7. The molecule has 0 heterocycles. The molecule has 0 aromatic carbocycles. The molecule has 7 atom stereocenters. The quantitative estimate of drug-likeness (QED) is 0.718. The lowest BCUT2D eigenvalue weighted by Crippen LogP contribution is -2.62. The highest BCUT2D eigenvalue weighted by molar-refractivity contribution is 5.75. The maximum Gasteiger partial charge on any atom is 0.309 e. The van der Waals surface area contributed by atoms with E-state index < -0.39 is 11.4 Å². The van der Waals surface area contributed by atoms with Gasteiger partial charge in [-0.15, -0.1) is 0 Å². The van der Waals surface area contributed by atoms with E-state index in [1.165, 1.54) is 12.0 Å². The molecule has 1 spiro atoms. The normalized spacial score (nSPS) is 55.2. The fourth-order valence-corrected chi connectivity index (χ4v) is 7.51. The Bertz CT molecular complexity index is 569. The van der Waals surface area contributed by atoms with Crippen molar-refractivity contribution >= 4 is 5.97 Å². The van der Waals surface area contributed by atoms with E-state index in [-0.39, 0.29) is 22.9 Å². The van der Waals surface area contributed by atoms with Gasteiger partial charge < -0.3 is 10.2 Å². The van der Waals surface area contributed by atoms with Crippen LogP contribution in [0.25, 0.3) is 0 Å². The largest absolute Gasteiger partial charge is 0.481 e. The molecule has 0 aliphatic heterocycles. The minimum Gasteiger partial charge on any atom is -0.481 e. The number of carboxylic acids is 1. The zero-order valence-electron chi connectivity index (χ0n) is 14.5. The standard InChI is InChI=1S/C20H30O3/c1-12-10-20-11-13(12)5-6-14(20)18(2)7-4-8-19(3,17(22)23)15(18)9-16(20)21/h13-16,21H,1,4-11H2,2-3H3,(H,22,23)/t13?,14-,15-,16-,18-,19-,20-/m0/s1. The van der Waals surface area contributed by atoms with E-state index in [4.69, 9.17) is 0 Å². The molecule has 4 aliphatic rings. The van der Waals surface area contributed by atoms with Crippen LogP contribution in [-0.4, -0.2) is 22.3 Å². The Morgan fingerprint density at radius 3 is 2.65 bits per heavy atom. The second-order valence-electron chi connectivity index (χ2n) is 9.49. The number of carboxylic acid groups (broad SMARTS) is 1. The van der Waals surface area contributed by atoms with Crippen molar-refractivity contribution in [3.63, 3.8) is 0 Å². The molecule has 3 heteroatoms. The average Bonchev–Trinajstić information content (AvgIpc) is 2.73. The van der Waals surface area contributed by atoms with Crippen LogP contribution in [0.1, 0.15) is 65.2 Å². The van der Waals surface area contributed by atoms with E-state index >= 15 is 0 Å². The van der Waals surface area contributed by atoms with Crippen molar-refractivity contribution < 1.29 is 15.0 Å². The fourth-order valence-electron chi connectivity index (χ4n) is 7.51. The summed E-state index contributed by atoms with van der Waals surface area (Å²) in [4.78, 5) is 12.1. The third kappa shape index (κ3) is 1.78.